The number of carbonyl (C=O) groups excluding carboxylic acids is 1. The van der Waals surface area contributed by atoms with Crippen molar-refractivity contribution in [2.24, 2.45) is 0 Å². The number of carboxylic acid groups (broad SMARTS) is 1. The summed E-state index contributed by atoms with van der Waals surface area (Å²) < 4.78 is 5.31. The summed E-state index contributed by atoms with van der Waals surface area (Å²) in [6, 6.07) is 2.41. The van der Waals surface area contributed by atoms with E-state index >= 15 is 0 Å². The molecule has 0 bridgehead atoms. The average Bonchev–Trinajstić information content (AvgIpc) is 2.43. The zero-order chi connectivity index (χ0) is 17.4. The van der Waals surface area contributed by atoms with Crippen LogP contribution in [0.4, 0.5) is 16.2 Å². The molecule has 0 unspecified atom stereocenters. The number of aromatic carboxylic acids is 1. The van der Waals surface area contributed by atoms with Crippen molar-refractivity contribution in [1.29, 1.82) is 0 Å². The number of anilines is 1. The lowest BCUT2D eigenvalue weighted by molar-refractivity contribution is -0.385. The van der Waals surface area contributed by atoms with E-state index in [-0.39, 0.29) is 5.56 Å². The van der Waals surface area contributed by atoms with Crippen LogP contribution in [0, 0.1) is 10.1 Å². The van der Waals surface area contributed by atoms with Crippen LogP contribution in [0.1, 0.15) is 43.1 Å². The summed E-state index contributed by atoms with van der Waals surface area (Å²) >= 11 is 0. The number of rotatable bonds is 2. The molecule has 1 aliphatic heterocycles. The molecular formula is C15H18N2O6. The van der Waals surface area contributed by atoms with Gasteiger partial charge in [0.15, 0.2) is 0 Å². The van der Waals surface area contributed by atoms with Crippen LogP contribution in [0.15, 0.2) is 12.1 Å². The molecule has 0 aromatic heterocycles. The lowest BCUT2D eigenvalue weighted by atomic mass is 9.98. The van der Waals surface area contributed by atoms with Crippen molar-refractivity contribution in [2.75, 3.05) is 11.4 Å². The molecule has 0 spiro atoms. The molecule has 0 fully saturated rings. The Kier molecular flexibility index (Phi) is 4.26. The van der Waals surface area contributed by atoms with Crippen molar-refractivity contribution in [3.63, 3.8) is 0 Å². The summed E-state index contributed by atoms with van der Waals surface area (Å²) in [7, 11) is 0. The van der Waals surface area contributed by atoms with Gasteiger partial charge >= 0.3 is 12.1 Å². The molecule has 1 aliphatic rings. The molecule has 2 rings (SSSR count). The first-order chi connectivity index (χ1) is 10.6. The van der Waals surface area contributed by atoms with Gasteiger partial charge in [-0.1, -0.05) is 0 Å². The second-order valence-electron chi connectivity index (χ2n) is 6.30. The number of carbonyl (C=O) groups is 2. The van der Waals surface area contributed by atoms with E-state index in [1.54, 1.807) is 20.8 Å². The third-order valence-electron chi connectivity index (χ3n) is 3.36. The molecule has 23 heavy (non-hydrogen) atoms. The summed E-state index contributed by atoms with van der Waals surface area (Å²) in [6.45, 7) is 5.55. The molecule has 1 N–H and O–H groups in total. The Morgan fingerprint density at radius 1 is 1.35 bits per heavy atom. The van der Waals surface area contributed by atoms with E-state index in [0.717, 1.165) is 6.07 Å². The summed E-state index contributed by atoms with van der Waals surface area (Å²) in [5, 5.41) is 20.3. The topological polar surface area (TPSA) is 110 Å². The van der Waals surface area contributed by atoms with E-state index in [1.807, 2.05) is 0 Å². The normalized spacial score (nSPS) is 14.1. The number of aryl methyl sites for hydroxylation is 1. The quantitative estimate of drug-likeness (QED) is 0.662. The Bertz CT molecular complexity index is 677. The number of fused-ring (bicyclic) bond motifs is 1. The molecule has 0 saturated heterocycles. The van der Waals surface area contributed by atoms with Crippen LogP contribution in [0.2, 0.25) is 0 Å². The van der Waals surface area contributed by atoms with E-state index in [4.69, 9.17) is 9.84 Å². The highest BCUT2D eigenvalue weighted by Gasteiger charge is 2.31. The van der Waals surface area contributed by atoms with Crippen LogP contribution in [-0.2, 0) is 11.2 Å². The van der Waals surface area contributed by atoms with Crippen LogP contribution >= 0.6 is 0 Å². The number of nitrogens with zero attached hydrogens (tertiary/aromatic N) is 2. The first-order valence-electron chi connectivity index (χ1n) is 7.15. The largest absolute Gasteiger partial charge is 0.477 e. The predicted octanol–water partition coefficient (Wildman–Crippen LogP) is 2.98. The highest BCUT2D eigenvalue weighted by Crippen LogP contribution is 2.34. The van der Waals surface area contributed by atoms with Crippen molar-refractivity contribution < 1.29 is 24.4 Å². The van der Waals surface area contributed by atoms with E-state index in [2.05, 4.69) is 0 Å². The van der Waals surface area contributed by atoms with Crippen molar-refractivity contribution in [1.82, 2.24) is 0 Å². The number of ether oxygens (including phenoxy) is 1. The van der Waals surface area contributed by atoms with Crippen molar-refractivity contribution in [3.8, 4) is 0 Å². The number of amides is 1. The van der Waals surface area contributed by atoms with Crippen molar-refractivity contribution >= 4 is 23.4 Å². The number of hydrogen-bond donors (Lipinski definition) is 1. The minimum absolute atomic E-state index is 0.335. The molecule has 1 aromatic carbocycles. The van der Waals surface area contributed by atoms with Gasteiger partial charge in [-0.05, 0) is 45.2 Å². The maximum Gasteiger partial charge on any atom is 0.414 e. The summed E-state index contributed by atoms with van der Waals surface area (Å²) in [6.07, 6.45) is 0.576. The molecule has 0 aliphatic carbocycles. The standard InChI is InChI=1S/C15H18N2O6/c1-15(2,3)23-14(20)16-6-4-5-9-7-10(13(18)19)12(17(21)22)8-11(9)16/h7-8H,4-6H2,1-3H3,(H,18,19). The summed E-state index contributed by atoms with van der Waals surface area (Å²) in [4.78, 5) is 35.2. The fourth-order valence-corrected chi connectivity index (χ4v) is 2.45. The average molecular weight is 322 g/mol. The van der Waals surface area contributed by atoms with Crippen molar-refractivity contribution in [2.45, 2.75) is 39.2 Å². The Balaban J connectivity index is 2.49. The molecule has 8 heteroatoms. The van der Waals surface area contributed by atoms with Gasteiger partial charge in [-0.25, -0.2) is 9.59 Å². The minimum Gasteiger partial charge on any atom is -0.477 e. The number of hydrogen-bond acceptors (Lipinski definition) is 5. The molecule has 1 aromatic rings. The third kappa shape index (κ3) is 3.58. The van der Waals surface area contributed by atoms with E-state index in [1.165, 1.54) is 11.0 Å². The monoisotopic (exact) mass is 322 g/mol. The molecule has 0 atom stereocenters. The van der Waals surface area contributed by atoms with Crippen LogP contribution in [0.5, 0.6) is 0 Å². The molecule has 0 radical (unpaired) electrons. The Hall–Kier alpha value is -2.64. The molecule has 124 valence electrons. The fraction of sp³-hybridized carbons (Fsp3) is 0.467. The van der Waals surface area contributed by atoms with Gasteiger partial charge in [0, 0.05) is 12.6 Å². The van der Waals surface area contributed by atoms with Gasteiger partial charge in [-0.3, -0.25) is 15.0 Å². The Morgan fingerprint density at radius 2 is 2.00 bits per heavy atom. The second kappa shape index (κ2) is 5.86. The molecule has 1 amide bonds. The maximum atomic E-state index is 12.3. The zero-order valence-corrected chi connectivity index (χ0v) is 13.2. The minimum atomic E-state index is -1.37. The summed E-state index contributed by atoms with van der Waals surface area (Å²) in [5.41, 5.74) is -0.680. The van der Waals surface area contributed by atoms with Gasteiger partial charge in [0.05, 0.1) is 10.6 Å². The summed E-state index contributed by atoms with van der Waals surface area (Å²) in [5.74, 6) is -1.37. The highest BCUT2D eigenvalue weighted by atomic mass is 16.6. The second-order valence-corrected chi connectivity index (χ2v) is 6.30. The number of benzene rings is 1. The van der Waals surface area contributed by atoms with E-state index in [9.17, 15) is 19.7 Å². The lowest BCUT2D eigenvalue weighted by Gasteiger charge is -2.31. The van der Waals surface area contributed by atoms with Crippen LogP contribution in [-0.4, -0.2) is 34.2 Å². The highest BCUT2D eigenvalue weighted by molar-refractivity contribution is 5.96. The smallest absolute Gasteiger partial charge is 0.414 e. The maximum absolute atomic E-state index is 12.3. The SMILES string of the molecule is CC(C)(C)OC(=O)N1CCCc2cc(C(=O)O)c([N+](=O)[O-])cc21. The first kappa shape index (κ1) is 16.7. The van der Waals surface area contributed by atoms with Crippen LogP contribution in [0.3, 0.4) is 0 Å². The lowest BCUT2D eigenvalue weighted by Crippen LogP contribution is -2.40. The van der Waals surface area contributed by atoms with E-state index in [0.29, 0.717) is 30.6 Å². The number of nitro groups is 1. The fourth-order valence-electron chi connectivity index (χ4n) is 2.45. The zero-order valence-electron chi connectivity index (χ0n) is 13.2. The van der Waals surface area contributed by atoms with Gasteiger partial charge in [0.25, 0.3) is 5.69 Å². The van der Waals surface area contributed by atoms with Gasteiger partial charge in [-0.15, -0.1) is 0 Å². The van der Waals surface area contributed by atoms with Crippen molar-refractivity contribution in [3.05, 3.63) is 33.4 Å². The Morgan fingerprint density at radius 3 is 2.52 bits per heavy atom. The molecular weight excluding hydrogens is 304 g/mol. The molecule has 0 saturated carbocycles. The molecule has 1 heterocycles. The van der Waals surface area contributed by atoms with E-state index < -0.39 is 28.3 Å². The van der Waals surface area contributed by atoms with Gasteiger partial charge in [-0.2, -0.15) is 0 Å². The Labute approximate surface area is 132 Å². The van der Waals surface area contributed by atoms with Crippen LogP contribution in [0.25, 0.3) is 0 Å². The third-order valence-corrected chi connectivity index (χ3v) is 3.36. The number of nitro benzene ring substituents is 1. The van der Waals surface area contributed by atoms with Crippen LogP contribution < -0.4 is 4.90 Å². The number of carboxylic acids is 1. The van der Waals surface area contributed by atoms with Gasteiger partial charge in [0.2, 0.25) is 0 Å². The predicted molar refractivity (Wildman–Crippen MR) is 82.0 cm³/mol. The first-order valence-corrected chi connectivity index (χ1v) is 7.15. The van der Waals surface area contributed by atoms with Gasteiger partial charge in [0.1, 0.15) is 11.2 Å². The van der Waals surface area contributed by atoms with Gasteiger partial charge < -0.3 is 9.84 Å². The molecule has 8 nitrogen and oxygen atoms in total.